The molecule has 2 rings (SSSR count). The lowest BCUT2D eigenvalue weighted by Crippen LogP contribution is -2.32. The fourth-order valence-electron chi connectivity index (χ4n) is 2.11. The van der Waals surface area contributed by atoms with Gasteiger partial charge in [0.2, 0.25) is 20.0 Å². The summed E-state index contributed by atoms with van der Waals surface area (Å²) in [5.41, 5.74) is 6.79. The van der Waals surface area contributed by atoms with Crippen LogP contribution >= 0.6 is 12.4 Å². The van der Waals surface area contributed by atoms with Crippen LogP contribution in [-0.4, -0.2) is 41.8 Å². The first-order chi connectivity index (χ1) is 11.6. The van der Waals surface area contributed by atoms with Crippen LogP contribution in [0.5, 0.6) is 0 Å². The van der Waals surface area contributed by atoms with Gasteiger partial charge in [0.05, 0.1) is 9.79 Å². The van der Waals surface area contributed by atoms with E-state index in [9.17, 15) is 16.8 Å². The van der Waals surface area contributed by atoms with E-state index < -0.39 is 26.1 Å². The molecule has 10 heteroatoms. The summed E-state index contributed by atoms with van der Waals surface area (Å²) < 4.78 is 52.6. The Morgan fingerprint density at radius 3 is 2.12 bits per heavy atom. The highest BCUT2D eigenvalue weighted by atomic mass is 35.5. The van der Waals surface area contributed by atoms with E-state index in [1.807, 2.05) is 30.3 Å². The van der Waals surface area contributed by atoms with Crippen LogP contribution in [0, 0.1) is 0 Å². The van der Waals surface area contributed by atoms with E-state index in [2.05, 4.69) is 4.72 Å². The lowest BCUT2D eigenvalue weighted by Gasteiger charge is -2.15. The molecular formula is C16H22ClN3O4S2. The Balaban J connectivity index is 0.00000338. The van der Waals surface area contributed by atoms with Gasteiger partial charge in [-0.2, -0.15) is 0 Å². The second-order valence-electron chi connectivity index (χ2n) is 5.63. The highest BCUT2D eigenvalue weighted by Gasteiger charge is 2.21. The van der Waals surface area contributed by atoms with Crippen LogP contribution in [-0.2, 0) is 20.0 Å². The van der Waals surface area contributed by atoms with Gasteiger partial charge >= 0.3 is 0 Å². The van der Waals surface area contributed by atoms with Gasteiger partial charge in [-0.05, 0) is 23.8 Å². The van der Waals surface area contributed by atoms with Crippen molar-refractivity contribution in [3.05, 3.63) is 60.2 Å². The minimum atomic E-state index is -3.88. The molecular weight excluding hydrogens is 398 g/mol. The molecule has 2 aromatic carbocycles. The van der Waals surface area contributed by atoms with Gasteiger partial charge in [0.1, 0.15) is 0 Å². The highest BCUT2D eigenvalue weighted by Crippen LogP contribution is 2.18. The summed E-state index contributed by atoms with van der Waals surface area (Å²) in [6, 6.07) is 13.8. The second-order valence-corrected chi connectivity index (χ2v) is 9.55. The van der Waals surface area contributed by atoms with E-state index in [4.69, 9.17) is 5.73 Å². The molecule has 0 aliphatic heterocycles. The van der Waals surface area contributed by atoms with Crippen LogP contribution in [0.1, 0.15) is 11.6 Å². The smallest absolute Gasteiger partial charge is 0.242 e. The predicted octanol–water partition coefficient (Wildman–Crippen LogP) is 1.34. The zero-order chi connectivity index (χ0) is 18.7. The maximum Gasteiger partial charge on any atom is 0.242 e. The number of hydrogen-bond donors (Lipinski definition) is 2. The van der Waals surface area contributed by atoms with Crippen molar-refractivity contribution in [1.29, 1.82) is 0 Å². The topological polar surface area (TPSA) is 110 Å². The fraction of sp³-hybridized carbons (Fsp3) is 0.250. The van der Waals surface area contributed by atoms with Gasteiger partial charge in [-0.1, -0.05) is 36.4 Å². The Bertz CT molecular complexity index is 933. The van der Waals surface area contributed by atoms with E-state index in [1.165, 1.54) is 32.3 Å². The van der Waals surface area contributed by atoms with Gasteiger partial charge in [0.15, 0.2) is 0 Å². The third-order valence-electron chi connectivity index (χ3n) is 3.62. The molecule has 0 saturated heterocycles. The summed E-state index contributed by atoms with van der Waals surface area (Å²) in [7, 11) is -4.84. The van der Waals surface area contributed by atoms with Crippen LogP contribution in [0.25, 0.3) is 0 Å². The van der Waals surface area contributed by atoms with Gasteiger partial charge in [-0.25, -0.2) is 25.9 Å². The van der Waals surface area contributed by atoms with Crippen LogP contribution in [0.2, 0.25) is 0 Å². The Morgan fingerprint density at radius 2 is 1.54 bits per heavy atom. The Hall–Kier alpha value is -1.49. The zero-order valence-corrected chi connectivity index (χ0v) is 16.8. The first-order valence-electron chi connectivity index (χ1n) is 7.47. The molecule has 0 fully saturated rings. The lowest BCUT2D eigenvalue weighted by atomic mass is 10.1. The maximum atomic E-state index is 12.4. The summed E-state index contributed by atoms with van der Waals surface area (Å²) >= 11 is 0. The summed E-state index contributed by atoms with van der Waals surface area (Å²) in [5, 5.41) is 0. The van der Waals surface area contributed by atoms with Crippen molar-refractivity contribution in [2.45, 2.75) is 15.8 Å². The molecule has 7 nitrogen and oxygen atoms in total. The molecule has 0 heterocycles. The Labute approximate surface area is 160 Å². The number of hydrogen-bond acceptors (Lipinski definition) is 5. The van der Waals surface area contributed by atoms with Gasteiger partial charge < -0.3 is 5.73 Å². The summed E-state index contributed by atoms with van der Waals surface area (Å²) in [4.78, 5) is -0.219. The van der Waals surface area contributed by atoms with Gasteiger partial charge in [-0.3, -0.25) is 0 Å². The number of halogens is 1. The molecule has 2 aromatic rings. The van der Waals surface area contributed by atoms with Crippen LogP contribution in [0.3, 0.4) is 0 Å². The van der Waals surface area contributed by atoms with Gasteiger partial charge in [-0.15, -0.1) is 12.4 Å². The first-order valence-corrected chi connectivity index (χ1v) is 10.4. The third kappa shape index (κ3) is 5.26. The zero-order valence-electron chi connectivity index (χ0n) is 14.4. The van der Waals surface area contributed by atoms with Gasteiger partial charge in [0, 0.05) is 26.7 Å². The van der Waals surface area contributed by atoms with E-state index in [0.717, 1.165) is 15.9 Å². The average Bonchev–Trinajstić information content (AvgIpc) is 2.60. The second kappa shape index (κ2) is 8.94. The number of benzene rings is 2. The normalized spacial score (nSPS) is 13.2. The molecule has 1 unspecified atom stereocenters. The van der Waals surface area contributed by atoms with Gasteiger partial charge in [0.25, 0.3) is 0 Å². The molecule has 0 radical (unpaired) electrons. The molecule has 144 valence electrons. The Kier molecular flexibility index (Phi) is 7.75. The van der Waals surface area contributed by atoms with Crippen LogP contribution in [0.15, 0.2) is 64.4 Å². The number of nitrogens with two attached hydrogens (primary N) is 1. The number of sulfonamides is 2. The minimum absolute atomic E-state index is 0. The molecule has 0 aliphatic rings. The van der Waals surface area contributed by atoms with E-state index >= 15 is 0 Å². The number of nitrogens with zero attached hydrogens (tertiary/aromatic N) is 1. The summed E-state index contributed by atoms with van der Waals surface area (Å²) in [6.07, 6.45) is 0. The van der Waals surface area contributed by atoms with Crippen molar-refractivity contribution in [3.8, 4) is 0 Å². The lowest BCUT2D eigenvalue weighted by molar-refractivity contribution is 0.520. The monoisotopic (exact) mass is 419 g/mol. The fourth-order valence-corrected chi connectivity index (χ4v) is 4.24. The number of nitrogens with one attached hydrogen (secondary N) is 1. The van der Waals surface area contributed by atoms with E-state index in [-0.39, 0.29) is 28.7 Å². The Morgan fingerprint density at radius 1 is 0.962 bits per heavy atom. The van der Waals surface area contributed by atoms with E-state index in [0.29, 0.717) is 0 Å². The quantitative estimate of drug-likeness (QED) is 0.703. The molecule has 0 aromatic heterocycles. The minimum Gasteiger partial charge on any atom is -0.323 e. The third-order valence-corrected chi connectivity index (χ3v) is 6.85. The molecule has 26 heavy (non-hydrogen) atoms. The van der Waals surface area contributed by atoms with Crippen molar-refractivity contribution in [1.82, 2.24) is 9.03 Å². The molecule has 0 amide bonds. The molecule has 0 saturated carbocycles. The van der Waals surface area contributed by atoms with Crippen molar-refractivity contribution >= 4 is 32.5 Å². The molecule has 0 aliphatic carbocycles. The molecule has 0 spiro atoms. The summed E-state index contributed by atoms with van der Waals surface area (Å²) in [6.45, 7) is -0.00297. The van der Waals surface area contributed by atoms with Crippen molar-refractivity contribution < 1.29 is 16.8 Å². The standard InChI is InChI=1S/C16H21N3O4S2.ClH/c1-19(2)25(22,23)15-10-6-9-14(11-15)24(20,21)18-12-16(17)13-7-4-3-5-8-13;/h3-11,16,18H,12,17H2,1-2H3;1H. The van der Waals surface area contributed by atoms with Crippen LogP contribution < -0.4 is 10.5 Å². The first kappa shape index (κ1) is 22.6. The van der Waals surface area contributed by atoms with Crippen LogP contribution in [0.4, 0.5) is 0 Å². The molecule has 3 N–H and O–H groups in total. The van der Waals surface area contributed by atoms with Crippen molar-refractivity contribution in [2.75, 3.05) is 20.6 Å². The summed E-state index contributed by atoms with van der Waals surface area (Å²) in [5.74, 6) is 0. The maximum absolute atomic E-state index is 12.4. The average molecular weight is 420 g/mol. The van der Waals surface area contributed by atoms with E-state index in [1.54, 1.807) is 0 Å². The molecule has 1 atom stereocenters. The largest absolute Gasteiger partial charge is 0.323 e. The SMILES string of the molecule is CN(C)S(=O)(=O)c1cccc(S(=O)(=O)NCC(N)c2ccccc2)c1.Cl. The van der Waals surface area contributed by atoms with Crippen molar-refractivity contribution in [3.63, 3.8) is 0 Å². The number of rotatable bonds is 7. The predicted molar refractivity (Wildman–Crippen MR) is 103 cm³/mol. The highest BCUT2D eigenvalue weighted by molar-refractivity contribution is 7.90. The van der Waals surface area contributed by atoms with Crippen molar-refractivity contribution in [2.24, 2.45) is 5.73 Å². The molecule has 0 bridgehead atoms.